The van der Waals surface area contributed by atoms with E-state index in [4.69, 9.17) is 10.5 Å². The summed E-state index contributed by atoms with van der Waals surface area (Å²) in [4.78, 5) is 0. The van der Waals surface area contributed by atoms with Gasteiger partial charge in [-0.05, 0) is 34.7 Å². The third kappa shape index (κ3) is 2.34. The Morgan fingerprint density at radius 2 is 1.80 bits per heavy atom. The van der Waals surface area contributed by atoms with Crippen LogP contribution in [0.3, 0.4) is 0 Å². The fourth-order valence-corrected chi connectivity index (χ4v) is 3.23. The third-order valence-electron chi connectivity index (χ3n) is 4.49. The molecular formula is C18H23NO. The zero-order valence-corrected chi connectivity index (χ0v) is 12.4. The number of nitrogens with two attached hydrogens (primary N) is 1. The molecule has 0 aromatic heterocycles. The van der Waals surface area contributed by atoms with Gasteiger partial charge in [0.05, 0.1) is 13.2 Å². The van der Waals surface area contributed by atoms with Crippen LogP contribution in [0.4, 0.5) is 0 Å². The Hall–Kier alpha value is -1.38. The number of rotatable bonds is 4. The van der Waals surface area contributed by atoms with E-state index < -0.39 is 0 Å². The molecule has 3 rings (SSSR count). The summed E-state index contributed by atoms with van der Waals surface area (Å²) in [5, 5.41) is 2.60. The lowest BCUT2D eigenvalue weighted by atomic mass is 9.67. The summed E-state index contributed by atoms with van der Waals surface area (Å²) in [5.74, 6) is 0. The maximum absolute atomic E-state index is 5.92. The lowest BCUT2D eigenvalue weighted by Gasteiger charge is -2.46. The van der Waals surface area contributed by atoms with Crippen molar-refractivity contribution >= 4 is 10.8 Å². The van der Waals surface area contributed by atoms with Crippen LogP contribution in [0.2, 0.25) is 0 Å². The minimum Gasteiger partial charge on any atom is -0.379 e. The number of hydrogen-bond acceptors (Lipinski definition) is 2. The molecule has 0 spiro atoms. The van der Waals surface area contributed by atoms with Gasteiger partial charge in [0.2, 0.25) is 0 Å². The van der Waals surface area contributed by atoms with Crippen LogP contribution >= 0.6 is 0 Å². The van der Waals surface area contributed by atoms with E-state index in [2.05, 4.69) is 56.3 Å². The molecule has 0 saturated carbocycles. The number of hydrogen-bond donors (Lipinski definition) is 1. The van der Waals surface area contributed by atoms with Crippen molar-refractivity contribution in [1.29, 1.82) is 0 Å². The molecule has 2 N–H and O–H groups in total. The van der Waals surface area contributed by atoms with Crippen LogP contribution in [0.25, 0.3) is 10.8 Å². The summed E-state index contributed by atoms with van der Waals surface area (Å²) < 4.78 is 5.55. The molecule has 1 saturated heterocycles. The van der Waals surface area contributed by atoms with Crippen LogP contribution in [0.15, 0.2) is 42.5 Å². The Morgan fingerprint density at radius 1 is 1.10 bits per heavy atom. The largest absolute Gasteiger partial charge is 0.379 e. The first-order chi connectivity index (χ1) is 9.55. The molecule has 106 valence electrons. The highest BCUT2D eigenvalue weighted by Crippen LogP contribution is 2.42. The molecule has 0 aliphatic carbocycles. The summed E-state index contributed by atoms with van der Waals surface area (Å²) in [7, 11) is 0. The van der Waals surface area contributed by atoms with E-state index in [1.54, 1.807) is 0 Å². The average Bonchev–Trinajstić information content (AvgIpc) is 2.42. The topological polar surface area (TPSA) is 35.2 Å². The number of ether oxygens (including phenoxy) is 1. The van der Waals surface area contributed by atoms with Gasteiger partial charge in [0.15, 0.2) is 0 Å². The Kier molecular flexibility index (Phi) is 3.31. The first-order valence-corrected chi connectivity index (χ1v) is 7.32. The quantitative estimate of drug-likeness (QED) is 0.922. The van der Waals surface area contributed by atoms with E-state index in [-0.39, 0.29) is 10.8 Å². The Labute approximate surface area is 120 Å². The van der Waals surface area contributed by atoms with Crippen LogP contribution in [0, 0.1) is 5.41 Å². The fourth-order valence-electron chi connectivity index (χ4n) is 3.23. The molecule has 1 aliphatic heterocycles. The molecule has 2 aromatic rings. The lowest BCUT2D eigenvalue weighted by Crippen LogP contribution is -2.50. The molecule has 2 aromatic carbocycles. The first-order valence-electron chi connectivity index (χ1n) is 7.32. The summed E-state index contributed by atoms with van der Waals surface area (Å²) in [6.45, 7) is 6.83. The van der Waals surface area contributed by atoms with E-state index in [1.807, 2.05) is 0 Å². The van der Waals surface area contributed by atoms with E-state index >= 15 is 0 Å². The van der Waals surface area contributed by atoms with Gasteiger partial charge in [0.25, 0.3) is 0 Å². The molecular weight excluding hydrogens is 246 g/mol. The van der Waals surface area contributed by atoms with Crippen LogP contribution in [-0.4, -0.2) is 19.8 Å². The minimum atomic E-state index is 0.146. The summed E-state index contributed by atoms with van der Waals surface area (Å²) in [6, 6.07) is 15.3. The van der Waals surface area contributed by atoms with Gasteiger partial charge < -0.3 is 10.5 Å². The van der Waals surface area contributed by atoms with Crippen molar-refractivity contribution in [2.45, 2.75) is 25.7 Å². The molecule has 0 bridgehead atoms. The van der Waals surface area contributed by atoms with Gasteiger partial charge in [-0.3, -0.25) is 0 Å². The van der Waals surface area contributed by atoms with Crippen LogP contribution in [0.1, 0.15) is 25.8 Å². The van der Waals surface area contributed by atoms with Gasteiger partial charge in [0.1, 0.15) is 0 Å². The minimum absolute atomic E-state index is 0.146. The van der Waals surface area contributed by atoms with Crippen molar-refractivity contribution in [3.63, 3.8) is 0 Å². The van der Waals surface area contributed by atoms with Gasteiger partial charge in [-0.25, -0.2) is 0 Å². The smallest absolute Gasteiger partial charge is 0.0585 e. The third-order valence-corrected chi connectivity index (χ3v) is 4.49. The van der Waals surface area contributed by atoms with Crippen LogP contribution < -0.4 is 5.73 Å². The summed E-state index contributed by atoms with van der Waals surface area (Å²) >= 11 is 0. The van der Waals surface area contributed by atoms with Gasteiger partial charge in [0, 0.05) is 5.41 Å². The predicted molar refractivity (Wildman–Crippen MR) is 83.9 cm³/mol. The molecule has 0 atom stereocenters. The van der Waals surface area contributed by atoms with E-state index in [0.717, 1.165) is 19.6 Å². The Bertz CT molecular complexity index is 614. The van der Waals surface area contributed by atoms with Crippen molar-refractivity contribution in [1.82, 2.24) is 0 Å². The average molecular weight is 269 g/mol. The lowest BCUT2D eigenvalue weighted by molar-refractivity contribution is -0.0785. The molecule has 1 heterocycles. The van der Waals surface area contributed by atoms with Gasteiger partial charge in [-0.15, -0.1) is 0 Å². The monoisotopic (exact) mass is 269 g/mol. The van der Waals surface area contributed by atoms with Crippen LogP contribution in [-0.2, 0) is 10.2 Å². The maximum Gasteiger partial charge on any atom is 0.0585 e. The summed E-state index contributed by atoms with van der Waals surface area (Å²) in [6.07, 6.45) is 1.08. The predicted octanol–water partition coefficient (Wildman–Crippen LogP) is 3.48. The maximum atomic E-state index is 5.92. The second-order valence-electron chi connectivity index (χ2n) is 6.88. The van der Waals surface area contributed by atoms with E-state index in [0.29, 0.717) is 6.54 Å². The van der Waals surface area contributed by atoms with Gasteiger partial charge >= 0.3 is 0 Å². The molecule has 2 heteroatoms. The molecule has 0 radical (unpaired) electrons. The van der Waals surface area contributed by atoms with Crippen molar-refractivity contribution in [2.24, 2.45) is 11.1 Å². The van der Waals surface area contributed by atoms with Crippen molar-refractivity contribution in [3.8, 4) is 0 Å². The zero-order chi connectivity index (χ0) is 14.2. The number of benzene rings is 2. The van der Waals surface area contributed by atoms with Crippen molar-refractivity contribution in [2.75, 3.05) is 19.8 Å². The second-order valence-corrected chi connectivity index (χ2v) is 6.88. The molecule has 20 heavy (non-hydrogen) atoms. The fraction of sp³-hybridized carbons (Fsp3) is 0.444. The molecule has 0 unspecified atom stereocenters. The number of fused-ring (bicyclic) bond motifs is 1. The Morgan fingerprint density at radius 3 is 2.40 bits per heavy atom. The highest BCUT2D eigenvalue weighted by Gasteiger charge is 2.43. The SMILES string of the molecule is CC(C)(CN)CC1(c2ccc3ccccc3c2)COC1. The van der Waals surface area contributed by atoms with Crippen molar-refractivity contribution < 1.29 is 4.74 Å². The van der Waals surface area contributed by atoms with Crippen LogP contribution in [0.5, 0.6) is 0 Å². The highest BCUT2D eigenvalue weighted by atomic mass is 16.5. The van der Waals surface area contributed by atoms with Crippen molar-refractivity contribution in [3.05, 3.63) is 48.0 Å². The molecule has 1 fully saturated rings. The highest BCUT2D eigenvalue weighted by molar-refractivity contribution is 5.83. The standard InChI is InChI=1S/C18H23NO/c1-17(2,11-19)10-18(12-20-13-18)16-8-7-14-5-3-4-6-15(14)9-16/h3-9H,10-13,19H2,1-2H3. The molecule has 0 amide bonds. The van der Waals surface area contributed by atoms with E-state index in [1.165, 1.54) is 16.3 Å². The summed E-state index contributed by atoms with van der Waals surface area (Å²) in [5.41, 5.74) is 7.61. The Balaban J connectivity index is 1.98. The van der Waals surface area contributed by atoms with Gasteiger partial charge in [-0.2, -0.15) is 0 Å². The zero-order valence-electron chi connectivity index (χ0n) is 12.4. The first kappa shape index (κ1) is 13.6. The second kappa shape index (κ2) is 4.87. The normalized spacial score (nSPS) is 17.9. The molecule has 1 aliphatic rings. The molecule has 2 nitrogen and oxygen atoms in total. The van der Waals surface area contributed by atoms with Gasteiger partial charge in [-0.1, -0.05) is 56.3 Å². The van der Waals surface area contributed by atoms with E-state index in [9.17, 15) is 0 Å².